The van der Waals surface area contributed by atoms with Gasteiger partial charge in [0.15, 0.2) is 0 Å². The van der Waals surface area contributed by atoms with Gasteiger partial charge < -0.3 is 14.5 Å². The molecule has 1 heterocycles. The van der Waals surface area contributed by atoms with Gasteiger partial charge in [-0.1, -0.05) is 24.3 Å². The van der Waals surface area contributed by atoms with Crippen molar-refractivity contribution in [1.29, 1.82) is 0 Å². The van der Waals surface area contributed by atoms with Gasteiger partial charge in [0.1, 0.15) is 11.5 Å². The SMILES string of the molecule is COc1ccc(CN(Cc2cc3c(C)ccc(C)c3[nH]c2=O)S(=O)(=O)c2ccc(OC)cc2)cc1. The Morgan fingerprint density at radius 3 is 1.97 bits per heavy atom. The first-order chi connectivity index (χ1) is 16.7. The van der Waals surface area contributed by atoms with E-state index in [2.05, 4.69) is 4.98 Å². The lowest BCUT2D eigenvalue weighted by molar-refractivity contribution is 0.397. The van der Waals surface area contributed by atoms with Crippen LogP contribution in [0.2, 0.25) is 0 Å². The minimum absolute atomic E-state index is 0.0843. The van der Waals surface area contributed by atoms with E-state index in [1.165, 1.54) is 23.5 Å². The van der Waals surface area contributed by atoms with E-state index < -0.39 is 10.0 Å². The number of H-pyrrole nitrogens is 1. The second-order valence-electron chi connectivity index (χ2n) is 8.41. The van der Waals surface area contributed by atoms with E-state index in [4.69, 9.17) is 9.47 Å². The van der Waals surface area contributed by atoms with Crippen LogP contribution in [0.4, 0.5) is 0 Å². The third kappa shape index (κ3) is 5.08. The fourth-order valence-corrected chi connectivity index (χ4v) is 5.39. The van der Waals surface area contributed by atoms with Crippen LogP contribution >= 0.6 is 0 Å². The molecule has 0 aliphatic heterocycles. The average molecular weight is 493 g/mol. The molecule has 0 bridgehead atoms. The lowest BCUT2D eigenvalue weighted by Crippen LogP contribution is -2.32. The zero-order valence-electron chi connectivity index (χ0n) is 20.2. The molecule has 8 heteroatoms. The van der Waals surface area contributed by atoms with Crippen LogP contribution in [0.5, 0.6) is 11.5 Å². The number of methoxy groups -OCH3 is 2. The molecule has 35 heavy (non-hydrogen) atoms. The van der Waals surface area contributed by atoms with Crippen LogP contribution < -0.4 is 15.0 Å². The number of aryl methyl sites for hydroxylation is 2. The van der Waals surface area contributed by atoms with Crippen molar-refractivity contribution in [2.45, 2.75) is 31.8 Å². The fourth-order valence-electron chi connectivity index (χ4n) is 3.98. The summed E-state index contributed by atoms with van der Waals surface area (Å²) < 4.78 is 39.1. The summed E-state index contributed by atoms with van der Waals surface area (Å²) in [5.41, 5.74) is 3.55. The highest BCUT2D eigenvalue weighted by Crippen LogP contribution is 2.25. The first kappa shape index (κ1) is 24.5. The number of benzene rings is 3. The van der Waals surface area contributed by atoms with E-state index in [1.54, 1.807) is 37.4 Å². The molecule has 0 aliphatic rings. The topological polar surface area (TPSA) is 88.7 Å². The molecule has 1 aromatic heterocycles. The molecule has 3 aromatic carbocycles. The van der Waals surface area contributed by atoms with Gasteiger partial charge >= 0.3 is 0 Å². The maximum atomic E-state index is 13.7. The third-order valence-corrected chi connectivity index (χ3v) is 7.89. The number of hydrogen-bond acceptors (Lipinski definition) is 5. The Hall–Kier alpha value is -3.62. The minimum Gasteiger partial charge on any atom is -0.497 e. The van der Waals surface area contributed by atoms with Gasteiger partial charge in [-0.3, -0.25) is 4.79 Å². The monoisotopic (exact) mass is 492 g/mol. The van der Waals surface area contributed by atoms with E-state index in [9.17, 15) is 13.2 Å². The maximum Gasteiger partial charge on any atom is 0.252 e. The Kier molecular flexibility index (Phi) is 6.95. The van der Waals surface area contributed by atoms with Gasteiger partial charge in [0.25, 0.3) is 5.56 Å². The minimum atomic E-state index is -3.93. The summed E-state index contributed by atoms with van der Waals surface area (Å²) >= 11 is 0. The van der Waals surface area contributed by atoms with Crippen molar-refractivity contribution >= 4 is 20.9 Å². The lowest BCUT2D eigenvalue weighted by Gasteiger charge is -2.23. The summed E-state index contributed by atoms with van der Waals surface area (Å²) in [5.74, 6) is 1.23. The number of aromatic amines is 1. The predicted octanol–water partition coefficient (Wildman–Crippen LogP) is 4.55. The van der Waals surface area contributed by atoms with Crippen LogP contribution in [-0.4, -0.2) is 31.9 Å². The average Bonchev–Trinajstić information content (AvgIpc) is 2.87. The molecule has 0 unspecified atom stereocenters. The Morgan fingerprint density at radius 1 is 0.800 bits per heavy atom. The Labute approximate surface area is 205 Å². The number of fused-ring (bicyclic) bond motifs is 1. The molecule has 0 fully saturated rings. The lowest BCUT2D eigenvalue weighted by atomic mass is 10.0. The molecule has 0 atom stereocenters. The molecule has 0 aliphatic carbocycles. The largest absolute Gasteiger partial charge is 0.497 e. The van der Waals surface area contributed by atoms with Crippen LogP contribution in [0.15, 0.2) is 76.4 Å². The molecule has 0 spiro atoms. The van der Waals surface area contributed by atoms with Crippen molar-refractivity contribution in [3.8, 4) is 11.5 Å². The van der Waals surface area contributed by atoms with E-state index in [0.29, 0.717) is 17.1 Å². The second-order valence-corrected chi connectivity index (χ2v) is 10.3. The van der Waals surface area contributed by atoms with Crippen molar-refractivity contribution in [2.24, 2.45) is 0 Å². The molecular weight excluding hydrogens is 464 g/mol. The highest BCUT2D eigenvalue weighted by atomic mass is 32.2. The van der Waals surface area contributed by atoms with E-state index >= 15 is 0 Å². The highest BCUT2D eigenvalue weighted by molar-refractivity contribution is 7.89. The molecule has 4 rings (SSSR count). The van der Waals surface area contributed by atoms with Crippen LogP contribution in [0, 0.1) is 13.8 Å². The maximum absolute atomic E-state index is 13.7. The van der Waals surface area contributed by atoms with Gasteiger partial charge in [-0.25, -0.2) is 8.42 Å². The third-order valence-electron chi connectivity index (χ3n) is 6.08. The van der Waals surface area contributed by atoms with Crippen molar-refractivity contribution in [3.05, 3.63) is 99.3 Å². The van der Waals surface area contributed by atoms with E-state index in [1.807, 2.05) is 38.1 Å². The van der Waals surface area contributed by atoms with Crippen LogP contribution in [0.3, 0.4) is 0 Å². The number of nitrogens with zero attached hydrogens (tertiary/aromatic N) is 1. The highest BCUT2D eigenvalue weighted by Gasteiger charge is 2.26. The van der Waals surface area contributed by atoms with Crippen LogP contribution in [0.25, 0.3) is 10.9 Å². The quantitative estimate of drug-likeness (QED) is 0.390. The summed E-state index contributed by atoms with van der Waals surface area (Å²) in [7, 11) is -0.835. The summed E-state index contributed by atoms with van der Waals surface area (Å²) in [6.07, 6.45) is 0. The molecule has 0 saturated carbocycles. The number of ether oxygens (including phenoxy) is 2. The molecule has 0 radical (unpaired) electrons. The summed E-state index contributed by atoms with van der Waals surface area (Å²) in [5, 5.41) is 0.894. The van der Waals surface area contributed by atoms with Crippen molar-refractivity contribution in [3.63, 3.8) is 0 Å². The number of pyridine rings is 1. The smallest absolute Gasteiger partial charge is 0.252 e. The molecule has 0 amide bonds. The van der Waals surface area contributed by atoms with Gasteiger partial charge in [0.05, 0.1) is 24.6 Å². The van der Waals surface area contributed by atoms with E-state index in [-0.39, 0.29) is 23.5 Å². The Bertz CT molecular complexity index is 1510. The normalized spacial score (nSPS) is 11.7. The van der Waals surface area contributed by atoms with Crippen molar-refractivity contribution in [1.82, 2.24) is 9.29 Å². The predicted molar refractivity (Wildman–Crippen MR) is 136 cm³/mol. The summed E-state index contributed by atoms with van der Waals surface area (Å²) in [6, 6.07) is 19.1. The van der Waals surface area contributed by atoms with Crippen molar-refractivity contribution < 1.29 is 17.9 Å². The van der Waals surface area contributed by atoms with Crippen LogP contribution in [-0.2, 0) is 23.1 Å². The van der Waals surface area contributed by atoms with Gasteiger partial charge in [-0.2, -0.15) is 4.31 Å². The standard InChI is InChI=1S/C27H28N2O5S/c1-18-5-6-19(2)26-25(18)15-21(27(30)28-26)17-29(16-20-7-9-22(33-3)10-8-20)35(31,32)24-13-11-23(34-4)12-14-24/h5-15H,16-17H2,1-4H3,(H,28,30). The summed E-state index contributed by atoms with van der Waals surface area (Å²) in [6.45, 7) is 3.90. The zero-order chi connectivity index (χ0) is 25.2. The first-order valence-electron chi connectivity index (χ1n) is 11.1. The molecule has 1 N–H and O–H groups in total. The fraction of sp³-hybridized carbons (Fsp3) is 0.222. The summed E-state index contributed by atoms with van der Waals surface area (Å²) in [4.78, 5) is 16.1. The number of aromatic nitrogens is 1. The Morgan fingerprint density at radius 2 is 1.37 bits per heavy atom. The number of rotatable bonds is 8. The van der Waals surface area contributed by atoms with Gasteiger partial charge in [0.2, 0.25) is 10.0 Å². The molecular formula is C27H28N2O5S. The van der Waals surface area contributed by atoms with Gasteiger partial charge in [-0.15, -0.1) is 0 Å². The van der Waals surface area contributed by atoms with Gasteiger partial charge in [-0.05, 0) is 73.0 Å². The molecule has 4 aromatic rings. The molecule has 7 nitrogen and oxygen atoms in total. The number of sulfonamides is 1. The number of nitrogens with one attached hydrogen (secondary N) is 1. The van der Waals surface area contributed by atoms with Crippen molar-refractivity contribution in [2.75, 3.05) is 14.2 Å². The first-order valence-corrected chi connectivity index (χ1v) is 12.6. The molecule has 0 saturated heterocycles. The van der Waals surface area contributed by atoms with Gasteiger partial charge in [0, 0.05) is 24.0 Å². The zero-order valence-corrected chi connectivity index (χ0v) is 21.0. The second kappa shape index (κ2) is 9.93. The Balaban J connectivity index is 1.78. The molecule has 182 valence electrons. The number of hydrogen-bond donors (Lipinski definition) is 1. The van der Waals surface area contributed by atoms with Crippen LogP contribution in [0.1, 0.15) is 22.3 Å². The van der Waals surface area contributed by atoms with E-state index in [0.717, 1.165) is 27.6 Å².